The van der Waals surface area contributed by atoms with E-state index in [0.717, 1.165) is 18.4 Å². The molecule has 0 unspecified atom stereocenters. The molecule has 0 N–H and O–H groups in total. The lowest BCUT2D eigenvalue weighted by Crippen LogP contribution is -2.35. The third-order valence-electron chi connectivity index (χ3n) is 3.62. The fourth-order valence-corrected chi connectivity index (χ4v) is 2.97. The third-order valence-corrected chi connectivity index (χ3v) is 4.18. The van der Waals surface area contributed by atoms with Gasteiger partial charge in [-0.1, -0.05) is 0 Å². The van der Waals surface area contributed by atoms with Crippen LogP contribution < -0.4 is 0 Å². The van der Waals surface area contributed by atoms with Gasteiger partial charge < -0.3 is 14.0 Å². The van der Waals surface area contributed by atoms with Crippen LogP contribution in [0.4, 0.5) is 8.78 Å². The maximum Gasteiger partial charge on any atom is 0.264 e. The molecule has 2 aromatic rings. The summed E-state index contributed by atoms with van der Waals surface area (Å²) in [6.07, 6.45) is 4.85. The van der Waals surface area contributed by atoms with Gasteiger partial charge in [-0.15, -0.1) is 0 Å². The summed E-state index contributed by atoms with van der Waals surface area (Å²) in [5.74, 6) is -3.11. The first-order chi connectivity index (χ1) is 11.8. The van der Waals surface area contributed by atoms with Crippen molar-refractivity contribution in [1.29, 1.82) is 0 Å². The Morgan fingerprint density at radius 3 is 2.88 bits per heavy atom. The monoisotopic (exact) mass is 374 g/mol. The second-order valence-electron chi connectivity index (χ2n) is 5.65. The van der Waals surface area contributed by atoms with Crippen LogP contribution in [0.1, 0.15) is 5.56 Å². The summed E-state index contributed by atoms with van der Waals surface area (Å²) in [4.78, 5) is 3.91. The molecule has 25 heavy (non-hydrogen) atoms. The van der Waals surface area contributed by atoms with E-state index in [0.29, 0.717) is 0 Å². The zero-order chi connectivity index (χ0) is 18.1. The van der Waals surface area contributed by atoms with Gasteiger partial charge in [-0.3, -0.25) is 4.18 Å². The van der Waals surface area contributed by atoms with Crippen LogP contribution in [0.3, 0.4) is 0 Å². The van der Waals surface area contributed by atoms with E-state index in [9.17, 15) is 17.2 Å². The van der Waals surface area contributed by atoms with Crippen molar-refractivity contribution in [3.05, 3.63) is 54.1 Å². The fourth-order valence-electron chi connectivity index (χ4n) is 2.57. The molecule has 136 valence electrons. The molecule has 1 aliphatic rings. The Labute approximate surface area is 143 Å². The smallest absolute Gasteiger partial charge is 0.264 e. The summed E-state index contributed by atoms with van der Waals surface area (Å²) in [6, 6.07) is 3.07. The van der Waals surface area contributed by atoms with Crippen LogP contribution in [0.5, 0.6) is 0 Å². The van der Waals surface area contributed by atoms with Gasteiger partial charge in [-0.05, 0) is 12.1 Å². The molecule has 0 saturated carbocycles. The van der Waals surface area contributed by atoms with Crippen molar-refractivity contribution in [2.24, 2.45) is 0 Å². The van der Waals surface area contributed by atoms with Gasteiger partial charge >= 0.3 is 0 Å². The predicted octanol–water partition coefficient (Wildman–Crippen LogP) is 1.41. The molecule has 2 heterocycles. The van der Waals surface area contributed by atoms with Gasteiger partial charge in [0.1, 0.15) is 17.7 Å². The van der Waals surface area contributed by atoms with Crippen LogP contribution >= 0.6 is 0 Å². The van der Waals surface area contributed by atoms with E-state index in [1.807, 2.05) is 0 Å². The second-order valence-corrected chi connectivity index (χ2v) is 7.30. The predicted molar refractivity (Wildman–Crippen MR) is 81.9 cm³/mol. The van der Waals surface area contributed by atoms with Gasteiger partial charge in [0.25, 0.3) is 10.1 Å². The van der Waals surface area contributed by atoms with Crippen molar-refractivity contribution in [3.8, 4) is 0 Å². The highest BCUT2D eigenvalue weighted by atomic mass is 32.2. The molecular weight excluding hydrogens is 358 g/mol. The van der Waals surface area contributed by atoms with Crippen LogP contribution in [0, 0.1) is 11.6 Å². The SMILES string of the molecule is CS(=O)(=O)OC[C@H]1CO[C@](Cn2ccnc2)(c2ccc(F)cc2F)O1. The van der Waals surface area contributed by atoms with Crippen LogP contribution in [-0.2, 0) is 36.1 Å². The standard InChI is InChI=1S/C15H16F2N2O5S/c1-25(20,21)23-8-12-7-22-15(24-12,9-19-5-4-18-10-19)13-3-2-11(16)6-14(13)17/h2-6,10,12H,7-9H2,1H3/t12-,15+/m1/s1. The number of nitrogens with zero attached hydrogens (tertiary/aromatic N) is 2. The number of ether oxygens (including phenoxy) is 2. The maximum atomic E-state index is 14.3. The van der Waals surface area contributed by atoms with E-state index in [1.165, 1.54) is 18.6 Å². The van der Waals surface area contributed by atoms with Gasteiger partial charge in [0.2, 0.25) is 5.79 Å². The zero-order valence-electron chi connectivity index (χ0n) is 13.3. The lowest BCUT2D eigenvalue weighted by Gasteiger charge is -2.29. The Kier molecular flexibility index (Phi) is 4.87. The molecule has 0 aliphatic carbocycles. The summed E-state index contributed by atoms with van der Waals surface area (Å²) in [5.41, 5.74) is 0.00413. The van der Waals surface area contributed by atoms with E-state index in [1.54, 1.807) is 10.8 Å². The maximum absolute atomic E-state index is 14.3. The molecule has 0 bridgehead atoms. The lowest BCUT2D eigenvalue weighted by atomic mass is 10.0. The first-order valence-corrected chi connectivity index (χ1v) is 9.16. The Morgan fingerprint density at radius 1 is 1.44 bits per heavy atom. The second kappa shape index (κ2) is 6.79. The Morgan fingerprint density at radius 2 is 2.24 bits per heavy atom. The van der Waals surface area contributed by atoms with Crippen LogP contribution in [-0.4, -0.2) is 43.5 Å². The Bertz CT molecular complexity index is 844. The molecule has 2 atom stereocenters. The first kappa shape index (κ1) is 17.9. The minimum Gasteiger partial charge on any atom is -0.342 e. The quantitative estimate of drug-likeness (QED) is 0.712. The Hall–Kier alpha value is -1.88. The van der Waals surface area contributed by atoms with Crippen molar-refractivity contribution in [2.75, 3.05) is 19.5 Å². The molecule has 0 amide bonds. The van der Waals surface area contributed by atoms with Crippen LogP contribution in [0.2, 0.25) is 0 Å². The van der Waals surface area contributed by atoms with Crippen molar-refractivity contribution in [3.63, 3.8) is 0 Å². The number of imidazole rings is 1. The normalized spacial score (nSPS) is 23.9. The van der Waals surface area contributed by atoms with Gasteiger partial charge in [0.15, 0.2) is 0 Å². The van der Waals surface area contributed by atoms with Gasteiger partial charge in [-0.2, -0.15) is 8.42 Å². The highest BCUT2D eigenvalue weighted by Gasteiger charge is 2.45. The molecule has 1 aliphatic heterocycles. The summed E-state index contributed by atoms with van der Waals surface area (Å²) in [7, 11) is -3.65. The largest absolute Gasteiger partial charge is 0.342 e. The molecule has 1 aromatic carbocycles. The first-order valence-electron chi connectivity index (χ1n) is 7.35. The number of aromatic nitrogens is 2. The van der Waals surface area contributed by atoms with Crippen molar-refractivity contribution >= 4 is 10.1 Å². The van der Waals surface area contributed by atoms with Crippen LogP contribution in [0.15, 0.2) is 36.9 Å². The molecule has 3 rings (SSSR count). The number of hydrogen-bond donors (Lipinski definition) is 0. The number of halogens is 2. The summed E-state index contributed by atoms with van der Waals surface area (Å²) >= 11 is 0. The highest BCUT2D eigenvalue weighted by molar-refractivity contribution is 7.85. The van der Waals surface area contributed by atoms with Gasteiger partial charge in [0, 0.05) is 24.0 Å². The van der Waals surface area contributed by atoms with Gasteiger partial charge in [0.05, 0.1) is 32.3 Å². The van der Waals surface area contributed by atoms with Crippen LogP contribution in [0.25, 0.3) is 0 Å². The van der Waals surface area contributed by atoms with Crippen molar-refractivity contribution in [1.82, 2.24) is 9.55 Å². The summed E-state index contributed by atoms with van der Waals surface area (Å²) < 4.78 is 67.7. The minimum atomic E-state index is -3.65. The number of rotatable bonds is 6. The molecule has 10 heteroatoms. The van der Waals surface area contributed by atoms with E-state index in [2.05, 4.69) is 4.98 Å². The van der Waals surface area contributed by atoms with E-state index >= 15 is 0 Å². The van der Waals surface area contributed by atoms with Crippen molar-refractivity contribution < 1.29 is 30.9 Å². The highest BCUT2D eigenvalue weighted by Crippen LogP contribution is 2.37. The summed E-state index contributed by atoms with van der Waals surface area (Å²) in [6.45, 7) is -0.237. The van der Waals surface area contributed by atoms with E-state index in [4.69, 9.17) is 13.7 Å². The third kappa shape index (κ3) is 4.21. The molecule has 0 spiro atoms. The van der Waals surface area contributed by atoms with Gasteiger partial charge in [-0.25, -0.2) is 13.8 Å². The molecule has 1 fully saturated rings. The lowest BCUT2D eigenvalue weighted by molar-refractivity contribution is -0.191. The molecule has 1 aromatic heterocycles. The summed E-state index contributed by atoms with van der Waals surface area (Å²) in [5, 5.41) is 0. The topological polar surface area (TPSA) is 79.7 Å². The fraction of sp³-hybridized carbons (Fsp3) is 0.400. The minimum absolute atomic E-state index is 0.00413. The molecule has 0 radical (unpaired) electrons. The number of benzene rings is 1. The molecule has 7 nitrogen and oxygen atoms in total. The van der Waals surface area contributed by atoms with Crippen molar-refractivity contribution in [2.45, 2.75) is 18.4 Å². The van der Waals surface area contributed by atoms with E-state index in [-0.39, 0.29) is 25.3 Å². The average molecular weight is 374 g/mol. The Balaban J connectivity index is 1.88. The zero-order valence-corrected chi connectivity index (χ0v) is 14.1. The molecular formula is C15H16F2N2O5S. The number of hydrogen-bond acceptors (Lipinski definition) is 6. The van der Waals surface area contributed by atoms with E-state index < -0.39 is 33.6 Å². The molecule has 1 saturated heterocycles. The average Bonchev–Trinajstić information content (AvgIpc) is 3.15.